The molecule has 1 aromatic rings. The van der Waals surface area contributed by atoms with E-state index in [4.69, 9.17) is 10.8 Å². The van der Waals surface area contributed by atoms with Crippen molar-refractivity contribution in [2.24, 2.45) is 0 Å². The van der Waals surface area contributed by atoms with Crippen molar-refractivity contribution in [1.82, 2.24) is 9.55 Å². The van der Waals surface area contributed by atoms with Gasteiger partial charge in [-0.05, 0) is 6.92 Å². The predicted molar refractivity (Wildman–Crippen MR) is 39.3 cm³/mol. The molecule has 0 saturated heterocycles. The van der Waals surface area contributed by atoms with Gasteiger partial charge >= 0.3 is 5.97 Å². The molecule has 0 unspecified atom stereocenters. The van der Waals surface area contributed by atoms with Gasteiger partial charge in [0.2, 0.25) is 5.95 Å². The number of anilines is 1. The van der Waals surface area contributed by atoms with Crippen LogP contribution >= 0.6 is 0 Å². The summed E-state index contributed by atoms with van der Waals surface area (Å²) in [7, 11) is 0. The number of nitrogens with zero attached hydrogens (tertiary/aromatic N) is 2. The van der Waals surface area contributed by atoms with Gasteiger partial charge in [0, 0.05) is 12.7 Å². The Morgan fingerprint density at radius 1 is 1.91 bits per heavy atom. The zero-order valence-electron chi connectivity index (χ0n) is 6.11. The number of nitrogens with two attached hydrogens (primary N) is 1. The van der Waals surface area contributed by atoms with Crippen LogP contribution in [0, 0.1) is 0 Å². The number of rotatable bonds is 2. The molecule has 0 aliphatic heterocycles. The van der Waals surface area contributed by atoms with Crippen molar-refractivity contribution < 1.29 is 9.90 Å². The summed E-state index contributed by atoms with van der Waals surface area (Å²) in [6.07, 6.45) is 1.41. The first kappa shape index (κ1) is 7.59. The number of imidazole rings is 1. The molecule has 5 nitrogen and oxygen atoms in total. The quantitative estimate of drug-likeness (QED) is 0.638. The number of nitrogen functional groups attached to an aromatic ring is 1. The van der Waals surface area contributed by atoms with Crippen LogP contribution < -0.4 is 5.73 Å². The first-order valence-corrected chi connectivity index (χ1v) is 3.21. The summed E-state index contributed by atoms with van der Waals surface area (Å²) >= 11 is 0. The van der Waals surface area contributed by atoms with Crippen molar-refractivity contribution in [3.63, 3.8) is 0 Å². The van der Waals surface area contributed by atoms with E-state index in [-0.39, 0.29) is 11.6 Å². The van der Waals surface area contributed by atoms with Gasteiger partial charge in [-0.15, -0.1) is 0 Å². The maximum absolute atomic E-state index is 10.4. The van der Waals surface area contributed by atoms with E-state index in [0.29, 0.717) is 6.54 Å². The van der Waals surface area contributed by atoms with Gasteiger partial charge in [-0.3, -0.25) is 0 Å². The number of carboxylic acid groups (broad SMARTS) is 1. The molecule has 0 atom stereocenters. The predicted octanol–water partition coefficient (Wildman–Crippen LogP) is 0.183. The van der Waals surface area contributed by atoms with Crippen molar-refractivity contribution in [3.8, 4) is 0 Å². The summed E-state index contributed by atoms with van der Waals surface area (Å²) in [6.45, 7) is 2.50. The second-order valence-electron chi connectivity index (χ2n) is 2.08. The molecule has 0 aliphatic carbocycles. The van der Waals surface area contributed by atoms with Gasteiger partial charge in [-0.1, -0.05) is 0 Å². The lowest BCUT2D eigenvalue weighted by atomic mass is 10.5. The molecule has 1 heterocycles. The van der Waals surface area contributed by atoms with Gasteiger partial charge in [-0.25, -0.2) is 9.78 Å². The first-order chi connectivity index (χ1) is 5.15. The third-order valence-electron chi connectivity index (χ3n) is 1.37. The third kappa shape index (κ3) is 1.31. The highest BCUT2D eigenvalue weighted by Crippen LogP contribution is 2.03. The normalized spacial score (nSPS) is 9.91. The molecule has 0 radical (unpaired) electrons. The van der Waals surface area contributed by atoms with Crippen molar-refractivity contribution in [3.05, 3.63) is 11.9 Å². The molecule has 0 spiro atoms. The molecule has 11 heavy (non-hydrogen) atoms. The topological polar surface area (TPSA) is 81.1 Å². The number of carbonyl (C=O) groups is 1. The van der Waals surface area contributed by atoms with E-state index < -0.39 is 5.97 Å². The second kappa shape index (κ2) is 2.61. The van der Waals surface area contributed by atoms with Crippen molar-refractivity contribution in [2.45, 2.75) is 13.5 Å². The molecule has 0 fully saturated rings. The molecule has 0 aromatic carbocycles. The molecule has 5 heteroatoms. The molecule has 0 saturated carbocycles. The Bertz CT molecular complexity index is 279. The van der Waals surface area contributed by atoms with Crippen LogP contribution in [0.25, 0.3) is 0 Å². The summed E-state index contributed by atoms with van der Waals surface area (Å²) in [6, 6.07) is 0. The Morgan fingerprint density at radius 3 is 2.82 bits per heavy atom. The summed E-state index contributed by atoms with van der Waals surface area (Å²) < 4.78 is 1.57. The van der Waals surface area contributed by atoms with Gasteiger partial charge < -0.3 is 15.4 Å². The van der Waals surface area contributed by atoms with Crippen LogP contribution in [-0.2, 0) is 6.54 Å². The fraction of sp³-hybridized carbons (Fsp3) is 0.333. The number of hydrogen-bond acceptors (Lipinski definition) is 3. The minimum atomic E-state index is -1.05. The first-order valence-electron chi connectivity index (χ1n) is 3.21. The zero-order valence-corrected chi connectivity index (χ0v) is 6.11. The minimum Gasteiger partial charge on any atom is -0.476 e. The van der Waals surface area contributed by atoms with Gasteiger partial charge in [-0.2, -0.15) is 0 Å². The number of aryl methyl sites for hydroxylation is 1. The van der Waals surface area contributed by atoms with Crippen LogP contribution in [0.1, 0.15) is 17.4 Å². The second-order valence-corrected chi connectivity index (χ2v) is 2.08. The summed E-state index contributed by atoms with van der Waals surface area (Å²) in [4.78, 5) is 14.0. The SMILES string of the molecule is CCn1cc(C(=O)O)nc1N. The summed E-state index contributed by atoms with van der Waals surface area (Å²) in [5, 5.41) is 8.49. The largest absolute Gasteiger partial charge is 0.476 e. The van der Waals surface area contributed by atoms with Crippen molar-refractivity contribution in [2.75, 3.05) is 5.73 Å². The Labute approximate surface area is 63.5 Å². The summed E-state index contributed by atoms with van der Waals surface area (Å²) in [5.41, 5.74) is 5.37. The molecule has 0 bridgehead atoms. The Morgan fingerprint density at radius 2 is 2.55 bits per heavy atom. The number of aromatic carboxylic acids is 1. The Hall–Kier alpha value is -1.52. The number of carboxylic acids is 1. The van der Waals surface area contributed by atoms with Gasteiger partial charge in [0.25, 0.3) is 0 Å². The van der Waals surface area contributed by atoms with E-state index in [1.54, 1.807) is 4.57 Å². The molecule has 0 aliphatic rings. The molecule has 1 rings (SSSR count). The number of hydrogen-bond donors (Lipinski definition) is 2. The lowest BCUT2D eigenvalue weighted by Crippen LogP contribution is -1.98. The van der Waals surface area contributed by atoms with Crippen LogP contribution in [0.2, 0.25) is 0 Å². The maximum atomic E-state index is 10.4. The molecule has 3 N–H and O–H groups in total. The van der Waals surface area contributed by atoms with E-state index >= 15 is 0 Å². The van der Waals surface area contributed by atoms with Gasteiger partial charge in [0.05, 0.1) is 0 Å². The highest BCUT2D eigenvalue weighted by Gasteiger charge is 2.08. The van der Waals surface area contributed by atoms with Gasteiger partial charge in [0.15, 0.2) is 5.69 Å². The lowest BCUT2D eigenvalue weighted by Gasteiger charge is -1.94. The zero-order chi connectivity index (χ0) is 8.43. The molecule has 1 aromatic heterocycles. The molecule has 0 amide bonds. The van der Waals surface area contributed by atoms with E-state index in [1.165, 1.54) is 6.20 Å². The fourth-order valence-electron chi connectivity index (χ4n) is 0.787. The van der Waals surface area contributed by atoms with E-state index in [2.05, 4.69) is 4.98 Å². The van der Waals surface area contributed by atoms with Crippen LogP contribution in [0.5, 0.6) is 0 Å². The standard InChI is InChI=1S/C6H9N3O2/c1-2-9-3-4(5(10)11)8-6(9)7/h3H,2H2,1H3,(H2,7,8)(H,10,11). The van der Waals surface area contributed by atoms with Crippen LogP contribution in [0.15, 0.2) is 6.20 Å². The van der Waals surface area contributed by atoms with E-state index in [9.17, 15) is 4.79 Å². The Balaban J connectivity index is 3.05. The van der Waals surface area contributed by atoms with E-state index in [1.807, 2.05) is 6.92 Å². The van der Waals surface area contributed by atoms with Gasteiger partial charge in [0.1, 0.15) is 0 Å². The van der Waals surface area contributed by atoms with Crippen molar-refractivity contribution >= 4 is 11.9 Å². The van der Waals surface area contributed by atoms with Crippen LogP contribution in [0.4, 0.5) is 5.95 Å². The van der Waals surface area contributed by atoms with Crippen LogP contribution in [0.3, 0.4) is 0 Å². The lowest BCUT2D eigenvalue weighted by molar-refractivity contribution is 0.0691. The smallest absolute Gasteiger partial charge is 0.356 e. The fourth-order valence-corrected chi connectivity index (χ4v) is 0.787. The molecular formula is C6H9N3O2. The number of aromatic nitrogens is 2. The molecular weight excluding hydrogens is 146 g/mol. The van der Waals surface area contributed by atoms with Crippen molar-refractivity contribution in [1.29, 1.82) is 0 Å². The van der Waals surface area contributed by atoms with E-state index in [0.717, 1.165) is 0 Å². The Kier molecular flexibility index (Phi) is 1.80. The molecule has 60 valence electrons. The highest BCUT2D eigenvalue weighted by molar-refractivity contribution is 5.85. The average molecular weight is 155 g/mol. The summed E-state index contributed by atoms with van der Waals surface area (Å²) in [5.74, 6) is -0.811. The highest BCUT2D eigenvalue weighted by atomic mass is 16.4. The maximum Gasteiger partial charge on any atom is 0.356 e. The van der Waals surface area contributed by atoms with Crippen LogP contribution in [-0.4, -0.2) is 20.6 Å². The minimum absolute atomic E-state index is 0.00986. The average Bonchev–Trinajstić information content (AvgIpc) is 2.31. The monoisotopic (exact) mass is 155 g/mol. The third-order valence-corrected chi connectivity index (χ3v) is 1.37.